The average molecular weight is 334 g/mol. The van der Waals surface area contributed by atoms with E-state index >= 15 is 0 Å². The van der Waals surface area contributed by atoms with Gasteiger partial charge in [0.1, 0.15) is 4.21 Å². The number of thiophene rings is 1. The zero-order chi connectivity index (χ0) is 15.9. The van der Waals surface area contributed by atoms with Gasteiger partial charge in [0, 0.05) is 10.9 Å². The normalized spacial score (nSPS) is 13.8. The molecule has 122 valence electrons. The topological polar surface area (TPSA) is 61.4 Å². The lowest BCUT2D eigenvalue weighted by Crippen LogP contribution is -2.34. The van der Waals surface area contributed by atoms with Crippen molar-refractivity contribution >= 4 is 21.4 Å². The van der Waals surface area contributed by atoms with Crippen LogP contribution < -0.4 is 10.0 Å². The molecule has 5 nitrogen and oxygen atoms in total. The van der Waals surface area contributed by atoms with Gasteiger partial charge < -0.3 is 10.2 Å². The van der Waals surface area contributed by atoms with Crippen LogP contribution in [0.3, 0.4) is 0 Å². The van der Waals surface area contributed by atoms with Crippen molar-refractivity contribution in [1.82, 2.24) is 14.9 Å². The molecule has 0 saturated carbocycles. The average Bonchev–Trinajstić information content (AvgIpc) is 2.86. The zero-order valence-electron chi connectivity index (χ0n) is 13.3. The monoisotopic (exact) mass is 333 g/mol. The fourth-order valence-corrected chi connectivity index (χ4v) is 4.51. The van der Waals surface area contributed by atoms with Gasteiger partial charge >= 0.3 is 0 Å². The van der Waals surface area contributed by atoms with Crippen molar-refractivity contribution in [3.63, 3.8) is 0 Å². The summed E-state index contributed by atoms with van der Waals surface area (Å²) >= 11 is 1.36. The number of hydrogen-bond donors (Lipinski definition) is 2. The Labute approximate surface area is 132 Å². The molecule has 21 heavy (non-hydrogen) atoms. The minimum absolute atomic E-state index is 0.0651. The molecule has 0 aromatic carbocycles. The Morgan fingerprint density at radius 2 is 2.05 bits per heavy atom. The molecule has 1 atom stereocenters. The van der Waals surface area contributed by atoms with E-state index in [9.17, 15) is 8.42 Å². The highest BCUT2D eigenvalue weighted by atomic mass is 32.2. The summed E-state index contributed by atoms with van der Waals surface area (Å²) in [4.78, 5) is 3.15. The van der Waals surface area contributed by atoms with Crippen molar-refractivity contribution in [3.8, 4) is 0 Å². The van der Waals surface area contributed by atoms with Gasteiger partial charge in [-0.1, -0.05) is 6.92 Å². The van der Waals surface area contributed by atoms with Crippen LogP contribution in [-0.4, -0.2) is 53.1 Å². The highest BCUT2D eigenvalue weighted by molar-refractivity contribution is 7.91. The zero-order valence-corrected chi connectivity index (χ0v) is 15.0. The predicted octanol–water partition coefficient (Wildman–Crippen LogP) is 1.52. The van der Waals surface area contributed by atoms with Gasteiger partial charge in [-0.3, -0.25) is 0 Å². The van der Waals surface area contributed by atoms with Crippen molar-refractivity contribution in [2.45, 2.75) is 36.9 Å². The number of nitrogens with zero attached hydrogens (tertiary/aromatic N) is 1. The van der Waals surface area contributed by atoms with Crippen molar-refractivity contribution in [1.29, 1.82) is 0 Å². The summed E-state index contributed by atoms with van der Waals surface area (Å²) < 4.78 is 27.8. The molecule has 1 unspecified atom stereocenters. The first-order chi connectivity index (χ1) is 9.85. The molecular weight excluding hydrogens is 306 g/mol. The first kappa shape index (κ1) is 18.6. The molecule has 7 heteroatoms. The van der Waals surface area contributed by atoms with Crippen LogP contribution in [0.25, 0.3) is 0 Å². The van der Waals surface area contributed by atoms with E-state index in [1.807, 2.05) is 27.1 Å². The molecular formula is C14H27N3O2S2. The summed E-state index contributed by atoms with van der Waals surface area (Å²) in [6, 6.07) is 3.54. The first-order valence-electron chi connectivity index (χ1n) is 7.31. The molecule has 0 bridgehead atoms. The smallest absolute Gasteiger partial charge is 0.250 e. The first-order valence-corrected chi connectivity index (χ1v) is 9.61. The van der Waals surface area contributed by atoms with E-state index in [-0.39, 0.29) is 6.04 Å². The minimum Gasteiger partial charge on any atom is -0.317 e. The van der Waals surface area contributed by atoms with Crippen molar-refractivity contribution in [3.05, 3.63) is 17.0 Å². The summed E-state index contributed by atoms with van der Waals surface area (Å²) in [5, 5.41) is 3.24. The lowest BCUT2D eigenvalue weighted by Gasteiger charge is -2.16. The van der Waals surface area contributed by atoms with E-state index < -0.39 is 10.0 Å². The molecule has 0 spiro atoms. The summed E-state index contributed by atoms with van der Waals surface area (Å²) in [7, 11) is 0.579. The maximum atomic E-state index is 12.3. The van der Waals surface area contributed by atoms with Crippen LogP contribution in [0.15, 0.2) is 16.3 Å². The Morgan fingerprint density at radius 1 is 1.33 bits per heavy atom. The maximum absolute atomic E-state index is 12.3. The SMILES string of the molecule is CCNCCc1ccc(S(=O)(=O)NC(C)CCN(C)C)s1. The van der Waals surface area contributed by atoms with Crippen LogP contribution in [-0.2, 0) is 16.4 Å². The number of likely N-dealkylation sites (N-methyl/N-ethyl adjacent to an activating group) is 1. The molecule has 2 N–H and O–H groups in total. The quantitative estimate of drug-likeness (QED) is 0.637. The molecule has 0 aliphatic rings. The third-order valence-corrected chi connectivity index (χ3v) is 6.29. The van der Waals surface area contributed by atoms with Gasteiger partial charge in [0.2, 0.25) is 10.0 Å². The Morgan fingerprint density at radius 3 is 2.67 bits per heavy atom. The van der Waals surface area contributed by atoms with Gasteiger partial charge in [-0.25, -0.2) is 13.1 Å². The second-order valence-electron chi connectivity index (χ2n) is 5.44. The van der Waals surface area contributed by atoms with Gasteiger partial charge in [0.15, 0.2) is 0 Å². The standard InChI is InChI=1S/C14H27N3O2S2/c1-5-15-10-8-13-6-7-14(20-13)21(18,19)16-12(2)9-11-17(3)4/h6-7,12,15-16H,5,8-11H2,1-4H3. The minimum atomic E-state index is -3.39. The second kappa shape index (κ2) is 8.85. The number of sulfonamides is 1. The van der Waals surface area contributed by atoms with Gasteiger partial charge in [-0.2, -0.15) is 0 Å². The molecule has 1 aromatic heterocycles. The van der Waals surface area contributed by atoms with E-state index in [4.69, 9.17) is 0 Å². The van der Waals surface area contributed by atoms with Crippen molar-refractivity contribution in [2.75, 3.05) is 33.7 Å². The van der Waals surface area contributed by atoms with Crippen LogP contribution in [0.1, 0.15) is 25.1 Å². The molecule has 1 rings (SSSR count). The Bertz CT molecular complexity index is 512. The van der Waals surface area contributed by atoms with Gasteiger partial charge in [0.25, 0.3) is 0 Å². The summed E-state index contributed by atoms with van der Waals surface area (Å²) in [6.45, 7) is 6.64. The summed E-state index contributed by atoms with van der Waals surface area (Å²) in [5.41, 5.74) is 0. The lowest BCUT2D eigenvalue weighted by molar-refractivity contribution is 0.379. The second-order valence-corrected chi connectivity index (χ2v) is 8.55. The molecule has 1 aromatic rings. The van der Waals surface area contributed by atoms with E-state index in [0.29, 0.717) is 4.21 Å². The number of nitrogens with one attached hydrogen (secondary N) is 2. The van der Waals surface area contributed by atoms with Crippen molar-refractivity contribution in [2.24, 2.45) is 0 Å². The number of hydrogen-bond acceptors (Lipinski definition) is 5. The highest BCUT2D eigenvalue weighted by Crippen LogP contribution is 2.22. The number of rotatable bonds is 10. The van der Waals surface area contributed by atoms with Gasteiger partial charge in [0.05, 0.1) is 0 Å². The van der Waals surface area contributed by atoms with Crippen LogP contribution >= 0.6 is 11.3 Å². The van der Waals surface area contributed by atoms with E-state index in [2.05, 4.69) is 21.9 Å². The van der Waals surface area contributed by atoms with Crippen LogP contribution in [0.4, 0.5) is 0 Å². The van der Waals surface area contributed by atoms with E-state index in [1.165, 1.54) is 11.3 Å². The van der Waals surface area contributed by atoms with E-state index in [1.54, 1.807) is 6.07 Å². The Balaban J connectivity index is 2.57. The lowest BCUT2D eigenvalue weighted by atomic mass is 10.2. The van der Waals surface area contributed by atoms with Crippen LogP contribution in [0, 0.1) is 0 Å². The van der Waals surface area contributed by atoms with Crippen LogP contribution in [0.2, 0.25) is 0 Å². The fraction of sp³-hybridized carbons (Fsp3) is 0.714. The molecule has 0 amide bonds. The molecule has 1 heterocycles. The summed E-state index contributed by atoms with van der Waals surface area (Å²) in [6.07, 6.45) is 1.66. The summed E-state index contributed by atoms with van der Waals surface area (Å²) in [5.74, 6) is 0. The Hall–Kier alpha value is -0.470. The molecule has 0 saturated heterocycles. The highest BCUT2D eigenvalue weighted by Gasteiger charge is 2.19. The Kier molecular flexibility index (Phi) is 7.83. The molecule has 0 radical (unpaired) electrons. The van der Waals surface area contributed by atoms with Gasteiger partial charge in [-0.05, 0) is 65.6 Å². The predicted molar refractivity (Wildman–Crippen MR) is 89.5 cm³/mol. The third-order valence-electron chi connectivity index (χ3n) is 3.07. The van der Waals surface area contributed by atoms with Gasteiger partial charge in [-0.15, -0.1) is 11.3 Å². The molecule has 0 aliphatic heterocycles. The van der Waals surface area contributed by atoms with E-state index in [0.717, 1.165) is 37.4 Å². The molecule has 0 aliphatic carbocycles. The molecule has 0 fully saturated rings. The maximum Gasteiger partial charge on any atom is 0.250 e. The third kappa shape index (κ3) is 6.88. The largest absolute Gasteiger partial charge is 0.317 e. The van der Waals surface area contributed by atoms with Crippen molar-refractivity contribution < 1.29 is 8.42 Å². The van der Waals surface area contributed by atoms with Crippen LogP contribution in [0.5, 0.6) is 0 Å². The fourth-order valence-electron chi connectivity index (χ4n) is 1.86.